The highest BCUT2D eigenvalue weighted by atomic mass is 35.6. The van der Waals surface area contributed by atoms with E-state index in [2.05, 4.69) is 43.1 Å². The summed E-state index contributed by atoms with van der Waals surface area (Å²) in [6, 6.07) is 6.19. The summed E-state index contributed by atoms with van der Waals surface area (Å²) in [5, 5.41) is 3.17. The molecule has 2 rings (SSSR count). The van der Waals surface area contributed by atoms with Crippen molar-refractivity contribution >= 4 is 58.8 Å². The van der Waals surface area contributed by atoms with Crippen LogP contribution in [0.3, 0.4) is 0 Å². The number of nitrogens with one attached hydrogen (secondary N) is 1. The van der Waals surface area contributed by atoms with Gasteiger partial charge >= 0.3 is 0 Å². The maximum atomic E-state index is 12.7. The number of unbranched alkanes of at least 4 members (excludes halogenated alkanes) is 1. The van der Waals surface area contributed by atoms with Crippen LogP contribution in [0.25, 0.3) is 0 Å². The number of amides is 1. The van der Waals surface area contributed by atoms with Gasteiger partial charge in [0.05, 0.1) is 6.04 Å². The van der Waals surface area contributed by atoms with Crippen molar-refractivity contribution < 1.29 is 4.79 Å². The van der Waals surface area contributed by atoms with Crippen LogP contribution in [0, 0.1) is 13.8 Å². The predicted molar refractivity (Wildman–Crippen MR) is 117 cm³/mol. The van der Waals surface area contributed by atoms with E-state index in [1.165, 1.54) is 19.3 Å². The van der Waals surface area contributed by atoms with Crippen molar-refractivity contribution in [2.24, 2.45) is 0 Å². The number of likely N-dealkylation sites (tertiary alicyclic amines) is 1. The van der Waals surface area contributed by atoms with Crippen LogP contribution in [0.5, 0.6) is 0 Å². The van der Waals surface area contributed by atoms with Gasteiger partial charge in [0.25, 0.3) is 0 Å². The lowest BCUT2D eigenvalue weighted by molar-refractivity contribution is -0.122. The molecule has 1 aromatic carbocycles. The Morgan fingerprint density at radius 3 is 2.35 bits per heavy atom. The van der Waals surface area contributed by atoms with Gasteiger partial charge in [-0.3, -0.25) is 9.69 Å². The Labute approximate surface area is 179 Å². The molecule has 0 spiro atoms. The molecule has 1 atom stereocenters. The third kappa shape index (κ3) is 9.14. The van der Waals surface area contributed by atoms with Crippen LogP contribution in [0.4, 0.5) is 5.69 Å². The van der Waals surface area contributed by atoms with Crippen LogP contribution < -0.4 is 5.32 Å². The van der Waals surface area contributed by atoms with Gasteiger partial charge in [0.2, 0.25) is 5.91 Å². The van der Waals surface area contributed by atoms with Crippen LogP contribution in [0.15, 0.2) is 18.2 Å². The average Bonchev–Trinajstić information content (AvgIpc) is 2.56. The third-order valence-electron chi connectivity index (χ3n) is 4.44. The summed E-state index contributed by atoms with van der Waals surface area (Å²) in [7, 11) is 0. The second kappa shape index (κ2) is 13.9. The fraction of sp³-hybridized carbons (Fsp3) is 0.632. The molecule has 0 saturated carbocycles. The fourth-order valence-electron chi connectivity index (χ4n) is 3.13. The molecule has 1 N–H and O–H groups in total. The number of aryl methyl sites for hydroxylation is 2. The smallest absolute Gasteiger partial charge is 0.241 e. The number of carbonyl (C=O) groups excluding carboxylic acids is 1. The number of carbonyl (C=O) groups is 1. The minimum absolute atomic E-state index is 0. The van der Waals surface area contributed by atoms with Crippen molar-refractivity contribution in [3.05, 3.63) is 29.3 Å². The van der Waals surface area contributed by atoms with Gasteiger partial charge in [-0.1, -0.05) is 72.8 Å². The number of piperidine rings is 1. The lowest BCUT2D eigenvalue weighted by atomic mass is 10.00. The molecule has 1 fully saturated rings. The lowest BCUT2D eigenvalue weighted by Gasteiger charge is -2.34. The average molecular weight is 444 g/mol. The molecular formula is C19H30Cl4N2O. The van der Waals surface area contributed by atoms with Crippen LogP contribution in [-0.4, -0.2) is 34.2 Å². The lowest BCUT2D eigenvalue weighted by Crippen LogP contribution is -2.47. The van der Waals surface area contributed by atoms with Crippen molar-refractivity contribution in [2.75, 3.05) is 18.4 Å². The normalized spacial score (nSPS) is 17.1. The molecule has 150 valence electrons. The molecule has 0 bridgehead atoms. The number of nitrogens with zero attached hydrogens (tertiary/aromatic N) is 1. The molecule has 0 aliphatic carbocycles. The monoisotopic (exact) mass is 442 g/mol. The van der Waals surface area contributed by atoms with Crippen LogP contribution >= 0.6 is 47.2 Å². The SMILES string of the molecule is CCCCN1CCCC[C@H]1C(=O)Nc1c(C)cccc1C.Cl.ClC(Cl)Cl. The Balaban J connectivity index is 0.00000113. The van der Waals surface area contributed by atoms with Gasteiger partial charge in [-0.25, -0.2) is 0 Å². The van der Waals surface area contributed by atoms with E-state index < -0.39 is 4.30 Å². The second-order valence-corrected chi connectivity index (χ2v) is 8.38. The molecule has 1 amide bonds. The molecule has 7 heteroatoms. The highest BCUT2D eigenvalue weighted by Gasteiger charge is 2.28. The van der Waals surface area contributed by atoms with Crippen molar-refractivity contribution in [1.82, 2.24) is 4.90 Å². The fourth-order valence-corrected chi connectivity index (χ4v) is 3.13. The molecule has 1 aliphatic heterocycles. The molecule has 0 radical (unpaired) electrons. The summed E-state index contributed by atoms with van der Waals surface area (Å²) < 4.78 is -0.750. The largest absolute Gasteiger partial charge is 0.324 e. The van der Waals surface area contributed by atoms with E-state index in [0.717, 1.165) is 42.7 Å². The standard InChI is InChI=1S/C18H28N2O.CHCl3.ClH/c1-4-5-12-20-13-7-6-11-16(20)18(21)19-17-14(2)9-8-10-15(17)3;2-1(3)4;/h8-10,16H,4-7,11-13H2,1-3H3,(H,19,21);1H;1H/t16-;;/m0../s1. The third-order valence-corrected chi connectivity index (χ3v) is 4.44. The summed E-state index contributed by atoms with van der Waals surface area (Å²) in [6.45, 7) is 8.42. The van der Waals surface area contributed by atoms with Crippen molar-refractivity contribution in [3.63, 3.8) is 0 Å². The summed E-state index contributed by atoms with van der Waals surface area (Å²) >= 11 is 14.4. The van der Waals surface area contributed by atoms with E-state index in [1.807, 2.05) is 6.07 Å². The van der Waals surface area contributed by atoms with E-state index >= 15 is 0 Å². The number of halogens is 4. The quantitative estimate of drug-likeness (QED) is 0.541. The van der Waals surface area contributed by atoms with Crippen molar-refractivity contribution in [2.45, 2.75) is 63.2 Å². The number of hydrogen-bond donors (Lipinski definition) is 1. The number of hydrogen-bond acceptors (Lipinski definition) is 2. The number of rotatable bonds is 5. The zero-order chi connectivity index (χ0) is 18.8. The Hall–Kier alpha value is -0.190. The van der Waals surface area contributed by atoms with E-state index in [9.17, 15) is 4.79 Å². The highest BCUT2D eigenvalue weighted by Crippen LogP contribution is 2.23. The van der Waals surface area contributed by atoms with Gasteiger partial charge in [-0.05, 0) is 57.3 Å². The van der Waals surface area contributed by atoms with Crippen molar-refractivity contribution in [3.8, 4) is 0 Å². The number of benzene rings is 1. The zero-order valence-corrected chi connectivity index (χ0v) is 18.8. The minimum atomic E-state index is -0.750. The Kier molecular flexibility index (Phi) is 13.8. The summed E-state index contributed by atoms with van der Waals surface area (Å²) in [4.78, 5) is 15.1. The number of para-hydroxylation sites is 1. The molecule has 1 aliphatic rings. The molecule has 26 heavy (non-hydrogen) atoms. The molecule has 1 heterocycles. The first-order chi connectivity index (χ1) is 11.9. The number of anilines is 1. The Morgan fingerprint density at radius 1 is 1.23 bits per heavy atom. The molecule has 0 aromatic heterocycles. The van der Waals surface area contributed by atoms with Gasteiger partial charge < -0.3 is 5.32 Å². The van der Waals surface area contributed by atoms with Gasteiger partial charge in [0, 0.05) is 5.69 Å². The van der Waals surface area contributed by atoms with Crippen LogP contribution in [0.1, 0.15) is 50.2 Å². The number of alkyl halides is 3. The first-order valence-corrected chi connectivity index (χ1v) is 10.2. The van der Waals surface area contributed by atoms with E-state index in [-0.39, 0.29) is 24.4 Å². The second-order valence-electron chi connectivity index (χ2n) is 6.40. The van der Waals surface area contributed by atoms with Gasteiger partial charge in [0.15, 0.2) is 4.30 Å². The van der Waals surface area contributed by atoms with Gasteiger partial charge in [-0.15, -0.1) is 12.4 Å². The molecular weight excluding hydrogens is 414 g/mol. The molecule has 0 unspecified atom stereocenters. The van der Waals surface area contributed by atoms with E-state index in [4.69, 9.17) is 34.8 Å². The van der Waals surface area contributed by atoms with Gasteiger partial charge in [-0.2, -0.15) is 0 Å². The highest BCUT2D eigenvalue weighted by molar-refractivity contribution is 6.63. The van der Waals surface area contributed by atoms with Crippen molar-refractivity contribution in [1.29, 1.82) is 0 Å². The van der Waals surface area contributed by atoms with E-state index in [1.54, 1.807) is 0 Å². The Bertz CT molecular complexity index is 517. The topological polar surface area (TPSA) is 32.3 Å². The minimum Gasteiger partial charge on any atom is -0.324 e. The summed E-state index contributed by atoms with van der Waals surface area (Å²) in [5.41, 5.74) is 3.27. The first kappa shape index (κ1) is 25.8. The first-order valence-electron chi connectivity index (χ1n) is 8.90. The summed E-state index contributed by atoms with van der Waals surface area (Å²) in [6.07, 6.45) is 5.72. The molecule has 1 saturated heterocycles. The maximum absolute atomic E-state index is 12.7. The van der Waals surface area contributed by atoms with Crippen LogP contribution in [-0.2, 0) is 4.79 Å². The van der Waals surface area contributed by atoms with E-state index in [0.29, 0.717) is 0 Å². The molecule has 3 nitrogen and oxygen atoms in total. The maximum Gasteiger partial charge on any atom is 0.241 e. The predicted octanol–water partition coefficient (Wildman–Crippen LogP) is 6.30. The summed E-state index contributed by atoms with van der Waals surface area (Å²) in [5.74, 6) is 0.170. The van der Waals surface area contributed by atoms with Crippen LogP contribution in [0.2, 0.25) is 0 Å². The van der Waals surface area contributed by atoms with Gasteiger partial charge in [0.1, 0.15) is 0 Å². The molecule has 1 aromatic rings. The Morgan fingerprint density at radius 2 is 1.81 bits per heavy atom. The zero-order valence-electron chi connectivity index (χ0n) is 15.7.